The number of piperazine rings is 1. The van der Waals surface area contributed by atoms with E-state index in [1.54, 1.807) is 0 Å². The van der Waals surface area contributed by atoms with Gasteiger partial charge in [-0.25, -0.2) is 0 Å². The second-order valence-corrected chi connectivity index (χ2v) is 7.74. The molecule has 1 aliphatic rings. The largest absolute Gasteiger partial charge is 0.355 e. The van der Waals surface area contributed by atoms with Crippen molar-refractivity contribution in [2.75, 3.05) is 45.8 Å². The van der Waals surface area contributed by atoms with Crippen molar-refractivity contribution in [2.24, 2.45) is 0 Å². The van der Waals surface area contributed by atoms with Gasteiger partial charge >= 0.3 is 0 Å². The predicted molar refractivity (Wildman–Crippen MR) is 118 cm³/mol. The van der Waals surface area contributed by atoms with Crippen LogP contribution in [-0.4, -0.2) is 71.3 Å². The van der Waals surface area contributed by atoms with E-state index in [0.29, 0.717) is 13.1 Å². The number of hydrogen-bond acceptors (Lipinski definition) is 4. The maximum Gasteiger partial charge on any atom is 0.234 e. The van der Waals surface area contributed by atoms with Crippen LogP contribution in [0.4, 0.5) is 0 Å². The van der Waals surface area contributed by atoms with Gasteiger partial charge in [0.15, 0.2) is 0 Å². The number of aryl methyl sites for hydroxylation is 3. The van der Waals surface area contributed by atoms with Crippen molar-refractivity contribution < 1.29 is 4.79 Å². The summed E-state index contributed by atoms with van der Waals surface area (Å²) in [5, 5.41) is 7.50. The van der Waals surface area contributed by atoms with Crippen LogP contribution in [0.3, 0.4) is 0 Å². The van der Waals surface area contributed by atoms with Crippen LogP contribution in [-0.2, 0) is 11.3 Å². The summed E-state index contributed by atoms with van der Waals surface area (Å²) in [5.74, 6) is 0.121. The Labute approximate surface area is 174 Å². The Morgan fingerprint density at radius 2 is 1.83 bits per heavy atom. The first kappa shape index (κ1) is 21.3. The predicted octanol–water partition coefficient (Wildman–Crippen LogP) is 2.34. The molecule has 0 spiro atoms. The van der Waals surface area contributed by atoms with Crippen molar-refractivity contribution in [3.63, 3.8) is 0 Å². The number of hydrogen-bond donors (Lipinski definition) is 1. The van der Waals surface area contributed by atoms with Gasteiger partial charge in [-0.3, -0.25) is 19.3 Å². The average Bonchev–Trinajstić information content (AvgIpc) is 3.04. The van der Waals surface area contributed by atoms with Crippen LogP contribution < -0.4 is 5.32 Å². The van der Waals surface area contributed by atoms with Crippen molar-refractivity contribution in [3.8, 4) is 0 Å². The lowest BCUT2D eigenvalue weighted by Crippen LogP contribution is -2.49. The van der Waals surface area contributed by atoms with E-state index in [2.05, 4.69) is 69.6 Å². The minimum absolute atomic E-state index is 0.121. The standard InChI is InChI=1S/C23H33N5O/c1-20-18-21(2)28(25-20)13-7-11-24-23(29)19-27-16-14-26(15-17-27)12-6-10-22-8-4-3-5-9-22/h3-6,8-10,18H,7,11-17,19H2,1-2H3,(H,24,29)/b10-6+. The lowest BCUT2D eigenvalue weighted by molar-refractivity contribution is -0.122. The zero-order valence-electron chi connectivity index (χ0n) is 17.7. The van der Waals surface area contributed by atoms with Crippen LogP contribution in [0, 0.1) is 13.8 Å². The highest BCUT2D eigenvalue weighted by molar-refractivity contribution is 5.77. The molecular weight excluding hydrogens is 362 g/mol. The topological polar surface area (TPSA) is 53.4 Å². The van der Waals surface area contributed by atoms with Crippen LogP contribution in [0.25, 0.3) is 6.08 Å². The van der Waals surface area contributed by atoms with E-state index >= 15 is 0 Å². The van der Waals surface area contributed by atoms with Gasteiger partial charge in [0.05, 0.1) is 12.2 Å². The molecule has 0 saturated carbocycles. The lowest BCUT2D eigenvalue weighted by Gasteiger charge is -2.33. The zero-order chi connectivity index (χ0) is 20.5. The summed E-state index contributed by atoms with van der Waals surface area (Å²) in [5.41, 5.74) is 3.45. The first-order valence-electron chi connectivity index (χ1n) is 10.5. The van der Waals surface area contributed by atoms with E-state index in [9.17, 15) is 4.79 Å². The molecule has 1 saturated heterocycles. The molecule has 2 aromatic rings. The smallest absolute Gasteiger partial charge is 0.234 e. The molecule has 2 heterocycles. The van der Waals surface area contributed by atoms with Crippen molar-refractivity contribution in [1.29, 1.82) is 0 Å². The van der Waals surface area contributed by atoms with E-state index in [1.165, 1.54) is 11.3 Å². The number of amides is 1. The number of benzene rings is 1. The number of carbonyl (C=O) groups excluding carboxylic acids is 1. The molecule has 1 N–H and O–H groups in total. The minimum atomic E-state index is 0.121. The third kappa shape index (κ3) is 7.15. The highest BCUT2D eigenvalue weighted by Crippen LogP contribution is 2.05. The average molecular weight is 396 g/mol. The molecule has 6 heteroatoms. The number of aromatic nitrogens is 2. The summed E-state index contributed by atoms with van der Waals surface area (Å²) in [7, 11) is 0. The Hall–Kier alpha value is -2.44. The molecule has 0 unspecified atom stereocenters. The summed E-state index contributed by atoms with van der Waals surface area (Å²) in [4.78, 5) is 16.9. The molecule has 29 heavy (non-hydrogen) atoms. The quantitative estimate of drug-likeness (QED) is 0.662. The summed E-state index contributed by atoms with van der Waals surface area (Å²) in [6, 6.07) is 12.5. The Balaban J connectivity index is 1.27. The fourth-order valence-electron chi connectivity index (χ4n) is 3.65. The van der Waals surface area contributed by atoms with Crippen molar-refractivity contribution >= 4 is 12.0 Å². The molecule has 0 atom stereocenters. The maximum absolute atomic E-state index is 12.2. The molecule has 156 valence electrons. The van der Waals surface area contributed by atoms with Gasteiger partial charge in [0.1, 0.15) is 0 Å². The van der Waals surface area contributed by atoms with E-state index < -0.39 is 0 Å². The van der Waals surface area contributed by atoms with Crippen molar-refractivity contribution in [3.05, 3.63) is 59.4 Å². The molecule has 0 aliphatic carbocycles. The number of nitrogens with one attached hydrogen (secondary N) is 1. The molecule has 1 amide bonds. The Kier molecular flexibility index (Phi) is 8.02. The SMILES string of the molecule is Cc1cc(C)n(CCCNC(=O)CN2CCN(C/C=C/c3ccccc3)CC2)n1. The van der Waals surface area contributed by atoms with Crippen LogP contribution in [0.15, 0.2) is 42.5 Å². The van der Waals surface area contributed by atoms with Gasteiger partial charge in [-0.2, -0.15) is 5.10 Å². The van der Waals surface area contributed by atoms with Gasteiger partial charge in [-0.1, -0.05) is 42.5 Å². The highest BCUT2D eigenvalue weighted by Gasteiger charge is 2.17. The molecule has 0 radical (unpaired) electrons. The van der Waals surface area contributed by atoms with Gasteiger partial charge in [-0.15, -0.1) is 0 Å². The fourth-order valence-corrected chi connectivity index (χ4v) is 3.65. The molecule has 0 bridgehead atoms. The normalized spacial score (nSPS) is 15.8. The summed E-state index contributed by atoms with van der Waals surface area (Å²) < 4.78 is 2.01. The minimum Gasteiger partial charge on any atom is -0.355 e. The second kappa shape index (κ2) is 10.9. The van der Waals surface area contributed by atoms with Gasteiger partial charge in [-0.05, 0) is 31.9 Å². The first-order valence-corrected chi connectivity index (χ1v) is 10.5. The number of nitrogens with zero attached hydrogens (tertiary/aromatic N) is 4. The summed E-state index contributed by atoms with van der Waals surface area (Å²) >= 11 is 0. The maximum atomic E-state index is 12.2. The zero-order valence-corrected chi connectivity index (χ0v) is 17.7. The lowest BCUT2D eigenvalue weighted by atomic mass is 10.2. The Bertz CT molecular complexity index is 791. The molecule has 1 fully saturated rings. The molecular formula is C23H33N5O. The fraction of sp³-hybridized carbons (Fsp3) is 0.478. The molecule has 1 aromatic carbocycles. The third-order valence-electron chi connectivity index (χ3n) is 5.28. The number of rotatable bonds is 9. The van der Waals surface area contributed by atoms with E-state index in [0.717, 1.165) is 51.4 Å². The molecule has 6 nitrogen and oxygen atoms in total. The van der Waals surface area contributed by atoms with Crippen LogP contribution >= 0.6 is 0 Å². The van der Waals surface area contributed by atoms with Gasteiger partial charge in [0.2, 0.25) is 5.91 Å². The third-order valence-corrected chi connectivity index (χ3v) is 5.28. The monoisotopic (exact) mass is 395 g/mol. The van der Waals surface area contributed by atoms with Gasteiger partial charge in [0.25, 0.3) is 0 Å². The van der Waals surface area contributed by atoms with Crippen LogP contribution in [0.5, 0.6) is 0 Å². The Morgan fingerprint density at radius 1 is 1.10 bits per heavy atom. The van der Waals surface area contributed by atoms with Crippen LogP contribution in [0.1, 0.15) is 23.4 Å². The van der Waals surface area contributed by atoms with Gasteiger partial charge < -0.3 is 5.32 Å². The molecule has 1 aliphatic heterocycles. The highest BCUT2D eigenvalue weighted by atomic mass is 16.2. The summed E-state index contributed by atoms with van der Waals surface area (Å²) in [6.07, 6.45) is 5.29. The Morgan fingerprint density at radius 3 is 2.52 bits per heavy atom. The molecule has 3 rings (SSSR count). The second-order valence-electron chi connectivity index (χ2n) is 7.74. The number of carbonyl (C=O) groups is 1. The summed E-state index contributed by atoms with van der Waals surface area (Å²) in [6.45, 7) is 11.0. The van der Waals surface area contributed by atoms with E-state index in [4.69, 9.17) is 0 Å². The van der Waals surface area contributed by atoms with Crippen molar-refractivity contribution in [2.45, 2.75) is 26.8 Å². The molecule has 1 aromatic heterocycles. The van der Waals surface area contributed by atoms with Crippen LogP contribution in [0.2, 0.25) is 0 Å². The van der Waals surface area contributed by atoms with E-state index in [1.807, 2.05) is 17.7 Å². The van der Waals surface area contributed by atoms with Gasteiger partial charge in [0, 0.05) is 51.5 Å². The van der Waals surface area contributed by atoms with E-state index in [-0.39, 0.29) is 5.91 Å². The van der Waals surface area contributed by atoms with Crippen molar-refractivity contribution in [1.82, 2.24) is 24.9 Å². The first-order chi connectivity index (χ1) is 14.1.